The number of rotatable bonds is 7. The molecule has 0 aliphatic carbocycles. The maximum Gasteiger partial charge on any atom is 0.328 e. The fraction of sp³-hybridized carbons (Fsp3) is 0.344. The van der Waals surface area contributed by atoms with Crippen LogP contribution in [0.25, 0.3) is 11.1 Å². The van der Waals surface area contributed by atoms with E-state index in [9.17, 15) is 14.4 Å². The molecular weight excluding hydrogens is 492 g/mol. The number of nitrogens with zero attached hydrogens (tertiary/aromatic N) is 1. The number of ether oxygens (including phenoxy) is 2. The highest BCUT2D eigenvalue weighted by Crippen LogP contribution is 2.36. The summed E-state index contributed by atoms with van der Waals surface area (Å²) in [6, 6.07) is 18.1. The first-order valence-electron chi connectivity index (χ1n) is 13.1. The number of esters is 1. The van der Waals surface area contributed by atoms with Gasteiger partial charge in [-0.2, -0.15) is 0 Å². The lowest BCUT2D eigenvalue weighted by atomic mass is 9.87. The lowest BCUT2D eigenvalue weighted by Crippen LogP contribution is -2.45. The van der Waals surface area contributed by atoms with Crippen LogP contribution in [0.5, 0.6) is 5.75 Å². The average molecular weight is 529 g/mol. The van der Waals surface area contributed by atoms with Crippen molar-refractivity contribution < 1.29 is 23.9 Å². The van der Waals surface area contributed by atoms with Gasteiger partial charge in [0.1, 0.15) is 11.8 Å². The molecule has 204 valence electrons. The lowest BCUT2D eigenvalue weighted by molar-refractivity contribution is -0.147. The molecule has 4 rings (SSSR count). The van der Waals surface area contributed by atoms with Gasteiger partial charge in [0.05, 0.1) is 14.2 Å². The van der Waals surface area contributed by atoms with Crippen molar-refractivity contribution >= 4 is 23.5 Å². The van der Waals surface area contributed by atoms with Gasteiger partial charge in [-0.25, -0.2) is 4.79 Å². The number of fused-ring (bicyclic) bond motifs is 1. The molecule has 0 spiro atoms. The van der Waals surface area contributed by atoms with E-state index in [0.717, 1.165) is 22.3 Å². The molecule has 7 nitrogen and oxygen atoms in total. The van der Waals surface area contributed by atoms with Crippen LogP contribution in [0.2, 0.25) is 0 Å². The summed E-state index contributed by atoms with van der Waals surface area (Å²) < 4.78 is 10.6. The van der Waals surface area contributed by atoms with Gasteiger partial charge in [-0.15, -0.1) is 0 Å². The second kappa shape index (κ2) is 10.9. The number of methoxy groups -OCH3 is 2. The Morgan fingerprint density at radius 1 is 0.923 bits per heavy atom. The van der Waals surface area contributed by atoms with E-state index >= 15 is 0 Å². The van der Waals surface area contributed by atoms with E-state index in [1.54, 1.807) is 18.1 Å². The number of hydrogen-bond donors (Lipinski definition) is 1. The van der Waals surface area contributed by atoms with Gasteiger partial charge in [0, 0.05) is 35.0 Å². The van der Waals surface area contributed by atoms with Gasteiger partial charge in [-0.3, -0.25) is 9.59 Å². The molecule has 0 fully saturated rings. The number of anilines is 1. The van der Waals surface area contributed by atoms with Crippen LogP contribution in [-0.4, -0.2) is 42.9 Å². The van der Waals surface area contributed by atoms with Gasteiger partial charge in [0.15, 0.2) is 0 Å². The summed E-state index contributed by atoms with van der Waals surface area (Å²) in [5, 5.41) is 2.94. The van der Waals surface area contributed by atoms with E-state index < -0.39 is 12.0 Å². The van der Waals surface area contributed by atoms with Crippen LogP contribution in [0.1, 0.15) is 66.5 Å². The maximum absolute atomic E-state index is 13.3. The zero-order valence-electron chi connectivity index (χ0n) is 23.6. The Morgan fingerprint density at radius 3 is 2.21 bits per heavy atom. The van der Waals surface area contributed by atoms with Crippen molar-refractivity contribution in [2.24, 2.45) is 5.92 Å². The first-order valence-corrected chi connectivity index (χ1v) is 13.1. The van der Waals surface area contributed by atoms with Crippen molar-refractivity contribution in [2.45, 2.75) is 52.6 Å². The highest BCUT2D eigenvalue weighted by Gasteiger charge is 2.38. The van der Waals surface area contributed by atoms with Crippen molar-refractivity contribution in [1.82, 2.24) is 4.90 Å². The van der Waals surface area contributed by atoms with E-state index in [1.807, 2.05) is 68.4 Å². The molecule has 1 N–H and O–H groups in total. The van der Waals surface area contributed by atoms with Gasteiger partial charge >= 0.3 is 5.97 Å². The molecule has 0 radical (unpaired) electrons. The third kappa shape index (κ3) is 5.67. The largest absolute Gasteiger partial charge is 0.496 e. The smallest absolute Gasteiger partial charge is 0.328 e. The number of benzene rings is 3. The molecule has 0 unspecified atom stereocenters. The van der Waals surface area contributed by atoms with Crippen LogP contribution in [0.15, 0.2) is 60.7 Å². The van der Waals surface area contributed by atoms with Gasteiger partial charge in [0.2, 0.25) is 0 Å². The predicted octanol–water partition coefficient (Wildman–Crippen LogP) is 6.07. The van der Waals surface area contributed by atoms with Crippen molar-refractivity contribution in [3.8, 4) is 16.9 Å². The highest BCUT2D eigenvalue weighted by molar-refractivity contribution is 6.05. The van der Waals surface area contributed by atoms with Crippen LogP contribution in [0.3, 0.4) is 0 Å². The summed E-state index contributed by atoms with van der Waals surface area (Å²) in [6.45, 7) is 10.5. The fourth-order valence-corrected chi connectivity index (χ4v) is 4.93. The summed E-state index contributed by atoms with van der Waals surface area (Å²) in [5.41, 5.74) is 5.34. The van der Waals surface area contributed by atoms with Gasteiger partial charge in [0.25, 0.3) is 11.8 Å². The molecule has 0 saturated heterocycles. The van der Waals surface area contributed by atoms with E-state index in [4.69, 9.17) is 9.47 Å². The Kier molecular flexibility index (Phi) is 7.82. The van der Waals surface area contributed by atoms with Gasteiger partial charge in [-0.05, 0) is 58.4 Å². The minimum absolute atomic E-state index is 0.0101. The molecule has 7 heteroatoms. The molecule has 0 bridgehead atoms. The minimum atomic E-state index is -0.652. The molecule has 39 heavy (non-hydrogen) atoms. The van der Waals surface area contributed by atoms with E-state index in [2.05, 4.69) is 26.1 Å². The zero-order valence-corrected chi connectivity index (χ0v) is 23.6. The number of hydrogen-bond acceptors (Lipinski definition) is 5. The van der Waals surface area contributed by atoms with E-state index in [1.165, 1.54) is 7.11 Å². The van der Waals surface area contributed by atoms with Gasteiger partial charge in [-0.1, -0.05) is 58.9 Å². The molecule has 0 saturated carbocycles. The summed E-state index contributed by atoms with van der Waals surface area (Å²) in [4.78, 5) is 40.2. The number of amides is 2. The lowest BCUT2D eigenvalue weighted by Gasteiger charge is -2.28. The topological polar surface area (TPSA) is 84.9 Å². The molecule has 1 atom stereocenters. The first kappa shape index (κ1) is 27.9. The summed E-state index contributed by atoms with van der Waals surface area (Å²) in [6.07, 6.45) is 0. The normalized spacial score (nSPS) is 13.7. The van der Waals surface area contributed by atoms with E-state index in [0.29, 0.717) is 29.1 Å². The molecule has 2 amide bonds. The number of carbonyl (C=O) groups excluding carboxylic acids is 3. The molecular formula is C32H36N2O5. The SMILES string of the molecule is COC(=O)[C@H](C(C)C)N1Cc2ccc(-c3ccc(NC(=O)c4ccc(C(C)(C)C)cc4)cc3OC)cc2C1=O. The van der Waals surface area contributed by atoms with E-state index in [-0.39, 0.29) is 23.1 Å². The van der Waals surface area contributed by atoms with Gasteiger partial charge < -0.3 is 19.7 Å². The first-order chi connectivity index (χ1) is 18.4. The van der Waals surface area contributed by atoms with Crippen molar-refractivity contribution in [3.63, 3.8) is 0 Å². The van der Waals surface area contributed by atoms with Crippen LogP contribution in [0.4, 0.5) is 5.69 Å². The monoisotopic (exact) mass is 528 g/mol. The molecule has 1 aliphatic heterocycles. The Hall–Kier alpha value is -4.13. The third-order valence-corrected chi connectivity index (χ3v) is 7.14. The fourth-order valence-electron chi connectivity index (χ4n) is 4.93. The standard InChI is InChI=1S/C32H36N2O5/c1-19(2)28(31(37)39-7)34-18-22-9-8-21(16-26(22)30(34)36)25-15-14-24(17-27(25)38-6)33-29(35)20-10-12-23(13-11-20)32(3,4)5/h8-17,19,28H,18H2,1-7H3,(H,33,35)/t28-/m0/s1. The third-order valence-electron chi connectivity index (χ3n) is 7.14. The van der Waals surface area contributed by atoms with Crippen LogP contribution >= 0.6 is 0 Å². The zero-order chi connectivity index (χ0) is 28.5. The summed E-state index contributed by atoms with van der Waals surface area (Å²) >= 11 is 0. The van der Waals surface area contributed by atoms with Crippen LogP contribution < -0.4 is 10.1 Å². The Balaban J connectivity index is 1.56. The molecule has 1 aliphatic rings. The minimum Gasteiger partial charge on any atom is -0.496 e. The van der Waals surface area contributed by atoms with Crippen LogP contribution in [-0.2, 0) is 21.5 Å². The second-order valence-corrected chi connectivity index (χ2v) is 11.2. The molecule has 3 aromatic rings. The molecule has 0 aromatic heterocycles. The second-order valence-electron chi connectivity index (χ2n) is 11.2. The quantitative estimate of drug-likeness (QED) is 0.377. The molecule has 1 heterocycles. The predicted molar refractivity (Wildman–Crippen MR) is 152 cm³/mol. The Bertz CT molecular complexity index is 1400. The Labute approximate surface area is 230 Å². The van der Waals surface area contributed by atoms with Crippen molar-refractivity contribution in [3.05, 3.63) is 82.9 Å². The summed E-state index contributed by atoms with van der Waals surface area (Å²) in [7, 11) is 2.91. The highest BCUT2D eigenvalue weighted by atomic mass is 16.5. The molecule has 3 aromatic carbocycles. The number of carbonyl (C=O) groups is 3. The van der Waals surface area contributed by atoms with Crippen molar-refractivity contribution in [2.75, 3.05) is 19.5 Å². The summed E-state index contributed by atoms with van der Waals surface area (Å²) in [5.74, 6) is -0.354. The number of nitrogens with one attached hydrogen (secondary N) is 1. The van der Waals surface area contributed by atoms with Crippen LogP contribution in [0, 0.1) is 5.92 Å². The van der Waals surface area contributed by atoms with Crippen molar-refractivity contribution in [1.29, 1.82) is 0 Å². The maximum atomic E-state index is 13.3. The average Bonchev–Trinajstić information content (AvgIpc) is 3.22. The Morgan fingerprint density at radius 2 is 1.62 bits per heavy atom.